The number of aryl methyl sites for hydroxylation is 2. The molecule has 1 aliphatic heterocycles. The number of carbonyl (C=O) groups excluding carboxylic acids is 1. The largest absolute Gasteiger partial charge is 0.387 e. The molecule has 1 fully saturated rings. The third kappa shape index (κ3) is 4.08. The number of likely N-dealkylation sites (tertiary alicyclic amines) is 1. The van der Waals surface area contributed by atoms with E-state index in [0.717, 1.165) is 48.3 Å². The molecule has 0 aliphatic carbocycles. The fourth-order valence-electron chi connectivity index (χ4n) is 3.61. The van der Waals surface area contributed by atoms with E-state index in [0.29, 0.717) is 6.54 Å². The number of aromatic nitrogens is 2. The molecule has 1 aromatic carbocycles. The minimum absolute atomic E-state index is 0.278. The standard InChI is InChI=1S/C19H26N4O2/c1-12-5-6-13(2)15(8-12)18(24)11-23-7-3-4-14(10-23)16-9-17(19(20)25)22-21-16/h5-6,8-9,14,18,24H,3-4,7,10-11H2,1-2H3,(H2,20,25)(H,21,22)/t14-,18+/m1/s1. The van der Waals surface area contributed by atoms with Crippen molar-refractivity contribution in [2.45, 2.75) is 38.7 Å². The summed E-state index contributed by atoms with van der Waals surface area (Å²) < 4.78 is 0. The van der Waals surface area contributed by atoms with E-state index in [1.807, 2.05) is 13.8 Å². The molecule has 3 rings (SSSR count). The Labute approximate surface area is 148 Å². The Kier molecular flexibility index (Phi) is 5.20. The molecule has 0 unspecified atom stereocenters. The molecule has 0 bridgehead atoms. The summed E-state index contributed by atoms with van der Waals surface area (Å²) in [7, 11) is 0. The molecule has 0 spiro atoms. The lowest BCUT2D eigenvalue weighted by Gasteiger charge is -2.33. The first kappa shape index (κ1) is 17.6. The Hall–Kier alpha value is -2.18. The summed E-state index contributed by atoms with van der Waals surface area (Å²) in [4.78, 5) is 13.5. The molecule has 1 aromatic heterocycles. The Balaban J connectivity index is 1.66. The molecule has 1 aliphatic rings. The SMILES string of the molecule is Cc1ccc(C)c([C@@H](O)CN2CCC[C@@H](c3cc(C(N)=O)n[nH]3)C2)c1. The van der Waals surface area contributed by atoms with Crippen molar-refractivity contribution < 1.29 is 9.90 Å². The summed E-state index contributed by atoms with van der Waals surface area (Å²) in [5.41, 5.74) is 9.78. The minimum atomic E-state index is -0.513. The maximum Gasteiger partial charge on any atom is 0.269 e. The van der Waals surface area contributed by atoms with Gasteiger partial charge < -0.3 is 10.8 Å². The van der Waals surface area contributed by atoms with E-state index in [1.165, 1.54) is 0 Å². The molecule has 4 N–H and O–H groups in total. The zero-order chi connectivity index (χ0) is 18.0. The van der Waals surface area contributed by atoms with Crippen LogP contribution in [0, 0.1) is 13.8 Å². The van der Waals surface area contributed by atoms with E-state index in [4.69, 9.17) is 5.73 Å². The van der Waals surface area contributed by atoms with Crippen molar-refractivity contribution in [3.05, 3.63) is 52.3 Å². The molecular weight excluding hydrogens is 316 g/mol. The number of hydrogen-bond donors (Lipinski definition) is 3. The van der Waals surface area contributed by atoms with Gasteiger partial charge in [-0.25, -0.2) is 0 Å². The van der Waals surface area contributed by atoms with Gasteiger partial charge in [-0.2, -0.15) is 5.10 Å². The molecule has 0 saturated carbocycles. The van der Waals surface area contributed by atoms with Crippen LogP contribution >= 0.6 is 0 Å². The summed E-state index contributed by atoms with van der Waals surface area (Å²) >= 11 is 0. The van der Waals surface area contributed by atoms with Crippen LogP contribution in [0.4, 0.5) is 0 Å². The van der Waals surface area contributed by atoms with Gasteiger partial charge in [0.2, 0.25) is 0 Å². The number of amides is 1. The van der Waals surface area contributed by atoms with Gasteiger partial charge in [0.15, 0.2) is 0 Å². The van der Waals surface area contributed by atoms with Crippen molar-refractivity contribution in [2.75, 3.05) is 19.6 Å². The summed E-state index contributed by atoms with van der Waals surface area (Å²) in [5, 5.41) is 17.6. The number of carbonyl (C=O) groups is 1. The van der Waals surface area contributed by atoms with Gasteiger partial charge in [-0.1, -0.05) is 23.8 Å². The van der Waals surface area contributed by atoms with Gasteiger partial charge in [0.1, 0.15) is 5.69 Å². The van der Waals surface area contributed by atoms with Gasteiger partial charge in [0.25, 0.3) is 5.91 Å². The fraction of sp³-hybridized carbons (Fsp3) is 0.474. The second kappa shape index (κ2) is 7.37. The Bertz CT molecular complexity index is 756. The number of H-pyrrole nitrogens is 1. The highest BCUT2D eigenvalue weighted by molar-refractivity contribution is 5.90. The second-order valence-corrected chi connectivity index (χ2v) is 7.05. The molecule has 1 saturated heterocycles. The minimum Gasteiger partial charge on any atom is -0.387 e. The number of aliphatic hydroxyl groups is 1. The predicted molar refractivity (Wildman–Crippen MR) is 96.4 cm³/mol. The van der Waals surface area contributed by atoms with Gasteiger partial charge in [-0.3, -0.25) is 14.8 Å². The number of nitrogens with two attached hydrogens (primary N) is 1. The van der Waals surface area contributed by atoms with Crippen molar-refractivity contribution in [2.24, 2.45) is 5.73 Å². The molecule has 0 radical (unpaired) electrons. The van der Waals surface area contributed by atoms with Gasteiger partial charge in [0.05, 0.1) is 6.10 Å². The summed E-state index contributed by atoms with van der Waals surface area (Å²) in [6, 6.07) is 7.94. The maximum absolute atomic E-state index is 11.2. The lowest BCUT2D eigenvalue weighted by Crippen LogP contribution is -2.37. The van der Waals surface area contributed by atoms with E-state index in [-0.39, 0.29) is 11.6 Å². The van der Waals surface area contributed by atoms with Crippen LogP contribution in [0.15, 0.2) is 24.3 Å². The Morgan fingerprint density at radius 2 is 2.24 bits per heavy atom. The number of nitrogens with one attached hydrogen (secondary N) is 1. The number of hydrogen-bond acceptors (Lipinski definition) is 4. The molecular formula is C19H26N4O2. The first-order valence-corrected chi connectivity index (χ1v) is 8.76. The van der Waals surface area contributed by atoms with Gasteiger partial charge in [0, 0.05) is 24.7 Å². The number of aromatic amines is 1. The molecule has 6 nitrogen and oxygen atoms in total. The predicted octanol–water partition coefficient (Wildman–Crippen LogP) is 2.04. The van der Waals surface area contributed by atoms with Crippen molar-refractivity contribution in [3.8, 4) is 0 Å². The monoisotopic (exact) mass is 342 g/mol. The van der Waals surface area contributed by atoms with Gasteiger partial charge in [-0.15, -0.1) is 0 Å². The highest BCUT2D eigenvalue weighted by Gasteiger charge is 2.25. The van der Waals surface area contributed by atoms with Crippen LogP contribution in [-0.2, 0) is 0 Å². The number of β-amino-alcohol motifs (C(OH)–C–C–N with tert-alkyl or cyclic N) is 1. The van der Waals surface area contributed by atoms with Gasteiger partial charge >= 0.3 is 0 Å². The van der Waals surface area contributed by atoms with Crippen molar-refractivity contribution in [1.29, 1.82) is 0 Å². The highest BCUT2D eigenvalue weighted by atomic mass is 16.3. The van der Waals surface area contributed by atoms with Crippen LogP contribution in [0.3, 0.4) is 0 Å². The lowest BCUT2D eigenvalue weighted by molar-refractivity contribution is 0.0946. The third-order valence-corrected chi connectivity index (χ3v) is 5.02. The van der Waals surface area contributed by atoms with Crippen LogP contribution < -0.4 is 5.73 Å². The van der Waals surface area contributed by atoms with Crippen LogP contribution in [-0.4, -0.2) is 45.7 Å². The first-order valence-electron chi connectivity index (χ1n) is 8.76. The number of benzene rings is 1. The van der Waals surface area contributed by atoms with E-state index in [2.05, 4.69) is 33.3 Å². The molecule has 2 aromatic rings. The third-order valence-electron chi connectivity index (χ3n) is 5.02. The zero-order valence-corrected chi connectivity index (χ0v) is 14.8. The molecule has 6 heteroatoms. The number of piperidine rings is 1. The normalized spacial score (nSPS) is 19.7. The Morgan fingerprint density at radius 3 is 2.96 bits per heavy atom. The topological polar surface area (TPSA) is 95.2 Å². The summed E-state index contributed by atoms with van der Waals surface area (Å²) in [6.07, 6.45) is 1.59. The maximum atomic E-state index is 11.2. The molecule has 2 atom stereocenters. The van der Waals surface area contributed by atoms with E-state index >= 15 is 0 Å². The van der Waals surface area contributed by atoms with E-state index < -0.39 is 12.0 Å². The van der Waals surface area contributed by atoms with Crippen molar-refractivity contribution in [1.82, 2.24) is 15.1 Å². The zero-order valence-electron chi connectivity index (χ0n) is 14.8. The smallest absolute Gasteiger partial charge is 0.269 e. The Morgan fingerprint density at radius 1 is 1.44 bits per heavy atom. The van der Waals surface area contributed by atoms with Crippen LogP contribution in [0.1, 0.15) is 57.7 Å². The quantitative estimate of drug-likeness (QED) is 0.775. The van der Waals surface area contributed by atoms with Crippen LogP contribution in [0.25, 0.3) is 0 Å². The second-order valence-electron chi connectivity index (χ2n) is 7.05. The van der Waals surface area contributed by atoms with Crippen molar-refractivity contribution in [3.63, 3.8) is 0 Å². The number of primary amides is 1. The van der Waals surface area contributed by atoms with Crippen molar-refractivity contribution >= 4 is 5.91 Å². The first-order chi connectivity index (χ1) is 11.9. The number of rotatable bonds is 5. The highest BCUT2D eigenvalue weighted by Crippen LogP contribution is 2.28. The van der Waals surface area contributed by atoms with Crippen LogP contribution in [0.2, 0.25) is 0 Å². The molecule has 2 heterocycles. The number of nitrogens with zero attached hydrogens (tertiary/aromatic N) is 2. The summed E-state index contributed by atoms with van der Waals surface area (Å²) in [6.45, 7) is 6.49. The lowest BCUT2D eigenvalue weighted by atomic mass is 9.93. The van der Waals surface area contributed by atoms with Gasteiger partial charge in [-0.05, 0) is 50.4 Å². The fourth-order valence-corrected chi connectivity index (χ4v) is 3.61. The van der Waals surface area contributed by atoms with E-state index in [9.17, 15) is 9.90 Å². The molecule has 134 valence electrons. The van der Waals surface area contributed by atoms with E-state index in [1.54, 1.807) is 6.07 Å². The number of aliphatic hydroxyl groups excluding tert-OH is 1. The summed E-state index contributed by atoms with van der Waals surface area (Å²) in [5.74, 6) is -0.235. The van der Waals surface area contributed by atoms with Crippen LogP contribution in [0.5, 0.6) is 0 Å². The average molecular weight is 342 g/mol. The molecule has 1 amide bonds. The molecule has 25 heavy (non-hydrogen) atoms. The average Bonchev–Trinajstić information content (AvgIpc) is 3.07.